The number of carbonyl (C=O) groups is 1. The Labute approximate surface area is 116 Å². The molecule has 0 bridgehead atoms. The molecule has 0 saturated carbocycles. The van der Waals surface area contributed by atoms with Gasteiger partial charge in [-0.25, -0.2) is 9.18 Å². The number of methoxy groups -OCH3 is 2. The molecular weight excluding hydrogens is 269 g/mol. The SMILES string of the molecule is CCOC(=O)C(F)[C@H](N)c1c(OC)cc(O)cc1OC. The van der Waals surface area contributed by atoms with Crippen molar-refractivity contribution < 1.29 is 28.5 Å². The van der Waals surface area contributed by atoms with E-state index >= 15 is 0 Å². The van der Waals surface area contributed by atoms with Crippen LogP contribution in [-0.4, -0.2) is 38.1 Å². The molecule has 0 aliphatic rings. The van der Waals surface area contributed by atoms with Crippen molar-refractivity contribution in [3.05, 3.63) is 17.7 Å². The molecule has 6 nitrogen and oxygen atoms in total. The second-order valence-electron chi connectivity index (χ2n) is 3.94. The van der Waals surface area contributed by atoms with Crippen LogP contribution in [0.1, 0.15) is 18.5 Å². The van der Waals surface area contributed by atoms with Crippen LogP contribution < -0.4 is 15.2 Å². The predicted molar refractivity (Wildman–Crippen MR) is 69.7 cm³/mol. The van der Waals surface area contributed by atoms with Crippen LogP contribution in [0, 0.1) is 0 Å². The molecule has 20 heavy (non-hydrogen) atoms. The number of phenolic OH excluding ortho intramolecular Hbond substituents is 1. The summed E-state index contributed by atoms with van der Waals surface area (Å²) in [5, 5.41) is 9.51. The molecule has 0 aliphatic carbocycles. The van der Waals surface area contributed by atoms with Crippen molar-refractivity contribution in [1.29, 1.82) is 0 Å². The summed E-state index contributed by atoms with van der Waals surface area (Å²) in [5.41, 5.74) is 5.90. The zero-order valence-corrected chi connectivity index (χ0v) is 11.6. The molecule has 1 aromatic carbocycles. The Morgan fingerprint density at radius 3 is 2.25 bits per heavy atom. The molecule has 2 atom stereocenters. The molecule has 112 valence electrons. The van der Waals surface area contributed by atoms with Gasteiger partial charge in [0, 0.05) is 12.1 Å². The Balaban J connectivity index is 3.19. The van der Waals surface area contributed by atoms with Crippen molar-refractivity contribution in [2.75, 3.05) is 20.8 Å². The van der Waals surface area contributed by atoms with Gasteiger partial charge in [0.05, 0.1) is 32.4 Å². The predicted octanol–water partition coefficient (Wildman–Crippen LogP) is 1.31. The quantitative estimate of drug-likeness (QED) is 0.767. The maximum absolute atomic E-state index is 14.0. The minimum absolute atomic E-state index is 0.0514. The standard InChI is InChI=1S/C13H18FNO5/c1-4-20-13(17)11(14)12(15)10-8(18-2)5-7(16)6-9(10)19-3/h5-6,11-12,16H,4,15H2,1-3H3/t11?,12-/m1/s1. The normalized spacial score (nSPS) is 13.4. The lowest BCUT2D eigenvalue weighted by molar-refractivity contribution is -0.149. The molecule has 0 amide bonds. The summed E-state index contributed by atoms with van der Waals surface area (Å²) in [7, 11) is 2.67. The Bertz CT molecular complexity index is 455. The molecule has 0 aromatic heterocycles. The van der Waals surface area contributed by atoms with Gasteiger partial charge < -0.3 is 25.1 Å². The molecule has 1 rings (SSSR count). The topological polar surface area (TPSA) is 91.0 Å². The minimum Gasteiger partial charge on any atom is -0.508 e. The van der Waals surface area contributed by atoms with Crippen molar-refractivity contribution in [2.24, 2.45) is 5.73 Å². The molecule has 0 fully saturated rings. The van der Waals surface area contributed by atoms with Gasteiger partial charge in [0.25, 0.3) is 0 Å². The third-order valence-corrected chi connectivity index (χ3v) is 2.69. The van der Waals surface area contributed by atoms with E-state index in [-0.39, 0.29) is 29.4 Å². The van der Waals surface area contributed by atoms with E-state index in [0.717, 1.165) is 0 Å². The summed E-state index contributed by atoms with van der Waals surface area (Å²) < 4.78 is 28.7. The van der Waals surface area contributed by atoms with E-state index in [0.29, 0.717) is 0 Å². The van der Waals surface area contributed by atoms with Crippen molar-refractivity contribution in [3.63, 3.8) is 0 Å². The van der Waals surface area contributed by atoms with Crippen LogP contribution >= 0.6 is 0 Å². The number of hydrogen-bond acceptors (Lipinski definition) is 6. The first kappa shape index (κ1) is 16.0. The first-order chi connectivity index (χ1) is 9.46. The summed E-state index contributed by atoms with van der Waals surface area (Å²) in [6.45, 7) is 1.62. The number of hydrogen-bond donors (Lipinski definition) is 2. The van der Waals surface area contributed by atoms with E-state index in [1.165, 1.54) is 26.4 Å². The van der Waals surface area contributed by atoms with Crippen molar-refractivity contribution in [3.8, 4) is 17.2 Å². The lowest BCUT2D eigenvalue weighted by Gasteiger charge is -2.21. The van der Waals surface area contributed by atoms with E-state index < -0.39 is 18.2 Å². The van der Waals surface area contributed by atoms with Gasteiger partial charge in [-0.1, -0.05) is 0 Å². The van der Waals surface area contributed by atoms with Crippen LogP contribution in [-0.2, 0) is 9.53 Å². The number of ether oxygens (including phenoxy) is 3. The number of rotatable bonds is 6. The Morgan fingerprint density at radius 1 is 1.35 bits per heavy atom. The maximum atomic E-state index is 14.0. The molecule has 0 spiro atoms. The van der Waals surface area contributed by atoms with E-state index in [2.05, 4.69) is 4.74 Å². The van der Waals surface area contributed by atoms with Crippen LogP contribution in [0.15, 0.2) is 12.1 Å². The van der Waals surface area contributed by atoms with Gasteiger partial charge in [-0.3, -0.25) is 0 Å². The Morgan fingerprint density at radius 2 is 1.85 bits per heavy atom. The molecule has 3 N–H and O–H groups in total. The molecular formula is C13H18FNO5. The van der Waals surface area contributed by atoms with Gasteiger partial charge in [-0.15, -0.1) is 0 Å². The number of aromatic hydroxyl groups is 1. The van der Waals surface area contributed by atoms with Crippen LogP contribution in [0.4, 0.5) is 4.39 Å². The number of esters is 1. The van der Waals surface area contributed by atoms with Crippen molar-refractivity contribution in [1.82, 2.24) is 0 Å². The van der Waals surface area contributed by atoms with Crippen LogP contribution in [0.5, 0.6) is 17.2 Å². The smallest absolute Gasteiger partial charge is 0.342 e. The average molecular weight is 287 g/mol. The van der Waals surface area contributed by atoms with Crippen molar-refractivity contribution in [2.45, 2.75) is 19.1 Å². The van der Waals surface area contributed by atoms with E-state index in [1.807, 2.05) is 0 Å². The van der Waals surface area contributed by atoms with Crippen LogP contribution in [0.3, 0.4) is 0 Å². The summed E-state index contributed by atoms with van der Waals surface area (Å²) >= 11 is 0. The Kier molecular flexibility index (Phi) is 5.57. The second kappa shape index (κ2) is 6.95. The first-order valence-electron chi connectivity index (χ1n) is 5.97. The molecule has 0 saturated heterocycles. The van der Waals surface area contributed by atoms with E-state index in [1.54, 1.807) is 6.92 Å². The largest absolute Gasteiger partial charge is 0.508 e. The second-order valence-corrected chi connectivity index (χ2v) is 3.94. The summed E-state index contributed by atoms with van der Waals surface area (Å²) in [5.74, 6) is -0.930. The summed E-state index contributed by atoms with van der Waals surface area (Å²) in [4.78, 5) is 11.4. The van der Waals surface area contributed by atoms with E-state index in [4.69, 9.17) is 15.2 Å². The fourth-order valence-electron chi connectivity index (χ4n) is 1.77. The van der Waals surface area contributed by atoms with Gasteiger partial charge >= 0.3 is 5.97 Å². The summed E-state index contributed by atoms with van der Waals surface area (Å²) in [6.07, 6.45) is -2.07. The molecule has 1 unspecified atom stereocenters. The molecule has 1 aromatic rings. The number of halogens is 1. The average Bonchev–Trinajstić information content (AvgIpc) is 2.44. The van der Waals surface area contributed by atoms with Gasteiger partial charge in [-0.05, 0) is 6.92 Å². The molecule has 0 aliphatic heterocycles. The highest BCUT2D eigenvalue weighted by Crippen LogP contribution is 2.38. The number of carbonyl (C=O) groups excluding carboxylic acids is 1. The highest BCUT2D eigenvalue weighted by molar-refractivity contribution is 5.76. The maximum Gasteiger partial charge on any atom is 0.342 e. The highest BCUT2D eigenvalue weighted by atomic mass is 19.1. The zero-order valence-electron chi connectivity index (χ0n) is 11.6. The Hall–Kier alpha value is -2.02. The van der Waals surface area contributed by atoms with Crippen molar-refractivity contribution >= 4 is 5.97 Å². The minimum atomic E-state index is -2.07. The fraction of sp³-hybridized carbons (Fsp3) is 0.462. The third kappa shape index (κ3) is 3.30. The van der Waals surface area contributed by atoms with Gasteiger partial charge in [0.2, 0.25) is 6.17 Å². The lowest BCUT2D eigenvalue weighted by atomic mass is 10.0. The summed E-state index contributed by atoms with van der Waals surface area (Å²) in [6, 6.07) is 1.19. The van der Waals surface area contributed by atoms with Gasteiger partial charge in [-0.2, -0.15) is 0 Å². The molecule has 0 radical (unpaired) electrons. The van der Waals surface area contributed by atoms with E-state index in [9.17, 15) is 14.3 Å². The fourth-order valence-corrected chi connectivity index (χ4v) is 1.77. The monoisotopic (exact) mass is 287 g/mol. The third-order valence-electron chi connectivity index (χ3n) is 2.69. The number of alkyl halides is 1. The highest BCUT2D eigenvalue weighted by Gasteiger charge is 2.32. The number of phenols is 1. The van der Waals surface area contributed by atoms with Crippen LogP contribution in [0.2, 0.25) is 0 Å². The molecule has 0 heterocycles. The lowest BCUT2D eigenvalue weighted by Crippen LogP contribution is -2.32. The number of benzene rings is 1. The molecule has 7 heteroatoms. The number of nitrogens with two attached hydrogens (primary N) is 1. The van der Waals surface area contributed by atoms with Gasteiger partial charge in [0.1, 0.15) is 17.2 Å². The zero-order chi connectivity index (χ0) is 15.3. The van der Waals surface area contributed by atoms with Crippen LogP contribution in [0.25, 0.3) is 0 Å². The van der Waals surface area contributed by atoms with Gasteiger partial charge in [0.15, 0.2) is 0 Å². The first-order valence-corrected chi connectivity index (χ1v) is 5.97.